The van der Waals surface area contributed by atoms with Gasteiger partial charge in [-0.05, 0) is 0 Å². The van der Waals surface area contributed by atoms with Gasteiger partial charge in [0.2, 0.25) is 0 Å². The van der Waals surface area contributed by atoms with E-state index in [4.69, 9.17) is 16.7 Å². The van der Waals surface area contributed by atoms with Crippen LogP contribution < -0.4 is 0 Å². The van der Waals surface area contributed by atoms with E-state index in [1.54, 1.807) is 0 Å². The van der Waals surface area contributed by atoms with E-state index in [1.165, 1.54) is 0 Å². The van der Waals surface area contributed by atoms with Crippen LogP contribution in [0.25, 0.3) is 0 Å². The standard InChI is InChI=1S/C12H11ClO7/c1-3-19-12(18)8(5-9(14)15)6-11(17)20-10(16)4-7(2)13/h3,6H,1-2,4-5H2,(H,14,15)/b8-6-. The maximum Gasteiger partial charge on any atom is 0.339 e. The lowest BCUT2D eigenvalue weighted by Gasteiger charge is -2.03. The van der Waals surface area contributed by atoms with E-state index in [-0.39, 0.29) is 5.03 Å². The summed E-state index contributed by atoms with van der Waals surface area (Å²) in [6, 6.07) is 0. The molecule has 0 heterocycles. The molecule has 0 bridgehead atoms. The number of carbonyl (C=O) groups is 4. The summed E-state index contributed by atoms with van der Waals surface area (Å²) in [5.41, 5.74) is -0.500. The van der Waals surface area contributed by atoms with Crippen molar-refractivity contribution in [2.24, 2.45) is 0 Å². The van der Waals surface area contributed by atoms with Gasteiger partial charge in [-0.1, -0.05) is 24.8 Å². The monoisotopic (exact) mass is 302 g/mol. The second kappa shape index (κ2) is 8.65. The molecular formula is C12H11ClO7. The van der Waals surface area contributed by atoms with Gasteiger partial charge in [-0.25, -0.2) is 9.59 Å². The van der Waals surface area contributed by atoms with E-state index >= 15 is 0 Å². The van der Waals surface area contributed by atoms with Gasteiger partial charge in [0.05, 0.1) is 24.7 Å². The highest BCUT2D eigenvalue weighted by atomic mass is 35.5. The minimum Gasteiger partial charge on any atom is -0.481 e. The third-order valence-electron chi connectivity index (χ3n) is 1.64. The first-order valence-corrected chi connectivity index (χ1v) is 5.46. The van der Waals surface area contributed by atoms with Crippen LogP contribution in [-0.2, 0) is 28.7 Å². The van der Waals surface area contributed by atoms with Crippen molar-refractivity contribution in [3.8, 4) is 0 Å². The fourth-order valence-corrected chi connectivity index (χ4v) is 1.08. The Morgan fingerprint density at radius 2 is 1.80 bits per heavy atom. The summed E-state index contributed by atoms with van der Waals surface area (Å²) in [6.07, 6.45) is 0.144. The third-order valence-corrected chi connectivity index (χ3v) is 1.77. The zero-order valence-electron chi connectivity index (χ0n) is 10.3. The smallest absolute Gasteiger partial charge is 0.339 e. The van der Waals surface area contributed by atoms with Gasteiger partial charge in [-0.15, -0.1) is 0 Å². The summed E-state index contributed by atoms with van der Waals surface area (Å²) < 4.78 is 8.62. The molecule has 0 saturated heterocycles. The molecule has 0 rings (SSSR count). The predicted octanol–water partition coefficient (Wildman–Crippen LogP) is 1.29. The Morgan fingerprint density at radius 3 is 2.25 bits per heavy atom. The highest BCUT2D eigenvalue weighted by Gasteiger charge is 2.18. The summed E-state index contributed by atoms with van der Waals surface area (Å²) in [5, 5.41) is 8.55. The normalized spacial score (nSPS) is 10.3. The molecule has 0 aliphatic carbocycles. The molecule has 0 spiro atoms. The fraction of sp³-hybridized carbons (Fsp3) is 0.167. The second-order valence-corrected chi connectivity index (χ2v) is 3.83. The van der Waals surface area contributed by atoms with Crippen molar-refractivity contribution in [3.63, 3.8) is 0 Å². The van der Waals surface area contributed by atoms with Crippen molar-refractivity contribution >= 4 is 35.5 Å². The summed E-state index contributed by atoms with van der Waals surface area (Å²) >= 11 is 5.34. The third kappa shape index (κ3) is 7.83. The van der Waals surface area contributed by atoms with Crippen LogP contribution in [0.15, 0.2) is 36.1 Å². The average Bonchev–Trinajstić information content (AvgIpc) is 2.26. The van der Waals surface area contributed by atoms with Gasteiger partial charge in [0.25, 0.3) is 0 Å². The molecule has 0 aromatic carbocycles. The van der Waals surface area contributed by atoms with Crippen molar-refractivity contribution in [1.82, 2.24) is 0 Å². The SMILES string of the molecule is C=COC(=O)/C(=C\C(=O)OC(=O)CC(=C)Cl)CC(=O)O. The number of esters is 3. The molecule has 20 heavy (non-hydrogen) atoms. The maximum absolute atomic E-state index is 11.3. The number of hydrogen-bond acceptors (Lipinski definition) is 6. The van der Waals surface area contributed by atoms with Crippen molar-refractivity contribution < 1.29 is 33.8 Å². The number of hydrogen-bond donors (Lipinski definition) is 1. The Morgan fingerprint density at radius 1 is 1.20 bits per heavy atom. The molecule has 0 aromatic heterocycles. The first-order valence-electron chi connectivity index (χ1n) is 5.08. The molecule has 8 heteroatoms. The van der Waals surface area contributed by atoms with E-state index in [1.807, 2.05) is 0 Å². The molecule has 7 nitrogen and oxygen atoms in total. The van der Waals surface area contributed by atoms with Gasteiger partial charge in [0.15, 0.2) is 0 Å². The van der Waals surface area contributed by atoms with E-state index < -0.39 is 42.3 Å². The largest absolute Gasteiger partial charge is 0.481 e. The molecule has 0 saturated carbocycles. The molecule has 0 radical (unpaired) electrons. The zero-order chi connectivity index (χ0) is 15.7. The van der Waals surface area contributed by atoms with Crippen LogP contribution in [-0.4, -0.2) is 29.0 Å². The van der Waals surface area contributed by atoms with Crippen molar-refractivity contribution in [2.75, 3.05) is 0 Å². The molecular weight excluding hydrogens is 292 g/mol. The molecule has 0 aliphatic rings. The van der Waals surface area contributed by atoms with Crippen LogP contribution in [0.2, 0.25) is 0 Å². The molecule has 0 fully saturated rings. The minimum atomic E-state index is -1.37. The topological polar surface area (TPSA) is 107 Å². The summed E-state index contributed by atoms with van der Waals surface area (Å²) in [4.78, 5) is 44.3. The Kier molecular flexibility index (Phi) is 7.61. The Labute approximate surface area is 119 Å². The number of ether oxygens (including phenoxy) is 2. The average molecular weight is 303 g/mol. The Bertz CT molecular complexity index is 490. The van der Waals surface area contributed by atoms with Gasteiger partial charge in [-0.2, -0.15) is 0 Å². The lowest BCUT2D eigenvalue weighted by atomic mass is 10.2. The Hall–Kier alpha value is -2.41. The quantitative estimate of drug-likeness (QED) is 0.327. The summed E-state index contributed by atoms with van der Waals surface area (Å²) in [5.74, 6) is -4.66. The number of aliphatic carboxylic acids is 1. The van der Waals surface area contributed by atoms with Gasteiger partial charge in [0.1, 0.15) is 0 Å². The molecule has 1 N–H and O–H groups in total. The van der Waals surface area contributed by atoms with Gasteiger partial charge in [-0.3, -0.25) is 9.59 Å². The first kappa shape index (κ1) is 17.6. The summed E-state index contributed by atoms with van der Waals surface area (Å²) in [7, 11) is 0. The van der Waals surface area contributed by atoms with Gasteiger partial charge >= 0.3 is 23.9 Å². The van der Waals surface area contributed by atoms with Gasteiger partial charge in [0, 0.05) is 11.1 Å². The number of carboxylic acids is 1. The van der Waals surface area contributed by atoms with Crippen LogP contribution in [0.3, 0.4) is 0 Å². The number of halogens is 1. The van der Waals surface area contributed by atoms with Crippen LogP contribution in [0, 0.1) is 0 Å². The molecule has 0 aliphatic heterocycles. The molecule has 0 amide bonds. The number of carboxylic acid groups (broad SMARTS) is 1. The highest BCUT2D eigenvalue weighted by Crippen LogP contribution is 2.08. The van der Waals surface area contributed by atoms with Crippen LogP contribution in [0.1, 0.15) is 12.8 Å². The molecule has 0 aromatic rings. The van der Waals surface area contributed by atoms with Crippen LogP contribution in [0.5, 0.6) is 0 Å². The maximum atomic E-state index is 11.3. The number of rotatable bonds is 7. The lowest BCUT2D eigenvalue weighted by Crippen LogP contribution is -2.14. The van der Waals surface area contributed by atoms with E-state index in [0.29, 0.717) is 6.08 Å². The molecule has 108 valence electrons. The van der Waals surface area contributed by atoms with Crippen molar-refractivity contribution in [3.05, 3.63) is 36.1 Å². The van der Waals surface area contributed by atoms with Gasteiger partial charge < -0.3 is 14.6 Å². The van der Waals surface area contributed by atoms with Crippen LogP contribution >= 0.6 is 11.6 Å². The zero-order valence-corrected chi connectivity index (χ0v) is 11.0. The lowest BCUT2D eigenvalue weighted by molar-refractivity contribution is -0.155. The first-order chi connectivity index (χ1) is 9.26. The van der Waals surface area contributed by atoms with E-state index in [0.717, 1.165) is 6.26 Å². The highest BCUT2D eigenvalue weighted by molar-refractivity contribution is 6.30. The molecule has 0 atom stereocenters. The predicted molar refractivity (Wildman–Crippen MR) is 67.3 cm³/mol. The van der Waals surface area contributed by atoms with Crippen molar-refractivity contribution in [2.45, 2.75) is 12.8 Å². The Balaban J connectivity index is 4.88. The fourth-order valence-electron chi connectivity index (χ4n) is 0.973. The van der Waals surface area contributed by atoms with Crippen LogP contribution in [0.4, 0.5) is 0 Å². The van der Waals surface area contributed by atoms with E-state index in [2.05, 4.69) is 22.6 Å². The molecule has 0 unspecified atom stereocenters. The van der Waals surface area contributed by atoms with E-state index in [9.17, 15) is 19.2 Å². The summed E-state index contributed by atoms with van der Waals surface area (Å²) in [6.45, 7) is 6.34. The number of carbonyl (C=O) groups excluding carboxylic acids is 3. The van der Waals surface area contributed by atoms with Crippen molar-refractivity contribution in [1.29, 1.82) is 0 Å². The minimum absolute atomic E-state index is 0.0383. The second-order valence-electron chi connectivity index (χ2n) is 3.30.